The van der Waals surface area contributed by atoms with E-state index in [-0.39, 0.29) is 0 Å². The summed E-state index contributed by atoms with van der Waals surface area (Å²) in [4.78, 5) is 0. The smallest absolute Gasteiger partial charge is 0.0723 e. The lowest BCUT2D eigenvalue weighted by Gasteiger charge is -2.13. The molecule has 1 heterocycles. The zero-order valence-electron chi connectivity index (χ0n) is 3.94. The minimum atomic E-state index is 1.04. The van der Waals surface area contributed by atoms with Gasteiger partial charge >= 0.3 is 0 Å². The third kappa shape index (κ3) is 1.52. The largest absolute Gasteiger partial charge is 0.295 e. The highest BCUT2D eigenvalue weighted by Gasteiger charge is 1.94. The summed E-state index contributed by atoms with van der Waals surface area (Å²) in [5, 5.41) is 0. The highest BCUT2D eigenvalue weighted by molar-refractivity contribution is 9.11. The van der Waals surface area contributed by atoms with Crippen molar-refractivity contribution in [3.63, 3.8) is 0 Å². The number of rotatable bonds is 0. The number of hydrogen-bond donors (Lipinski definition) is 1. The van der Waals surface area contributed by atoms with Gasteiger partial charge in [0.1, 0.15) is 0 Å². The van der Waals surface area contributed by atoms with Crippen LogP contribution in [0.5, 0.6) is 0 Å². The van der Waals surface area contributed by atoms with Gasteiger partial charge in [0.05, 0.1) is 16.1 Å². The maximum Gasteiger partial charge on any atom is 0.0723 e. The molecule has 1 N–H and O–H groups in total. The molecule has 1 rings (SSSR count). The van der Waals surface area contributed by atoms with Crippen molar-refractivity contribution in [1.82, 2.24) is 9.46 Å². The van der Waals surface area contributed by atoms with E-state index < -0.39 is 0 Å². The van der Waals surface area contributed by atoms with E-state index in [9.17, 15) is 0 Å². The highest BCUT2D eigenvalue weighted by atomic mass is 79.9. The Morgan fingerprint density at radius 2 is 2.38 bits per heavy atom. The topological polar surface area (TPSA) is 15.3 Å². The lowest BCUT2D eigenvalue weighted by molar-refractivity contribution is 0.551. The Hall–Kier alpha value is 0.0400. The molecule has 44 valence electrons. The molecule has 0 fully saturated rings. The molecule has 0 spiro atoms. The second-order valence-electron chi connectivity index (χ2n) is 1.29. The second kappa shape index (κ2) is 2.55. The summed E-state index contributed by atoms with van der Waals surface area (Å²) in [6.07, 6.45) is 5.60. The van der Waals surface area contributed by atoms with Crippen LogP contribution in [0, 0.1) is 0 Å². The standard InChI is InChI=1S/C4H4Br2N2/c5-4-1-2-8(6)7-3-4/h1-3,7H. The Labute approximate surface area is 64.7 Å². The maximum absolute atomic E-state index is 3.28. The monoisotopic (exact) mass is 238 g/mol. The molecular formula is C4H4Br2N2. The van der Waals surface area contributed by atoms with Crippen molar-refractivity contribution in [3.8, 4) is 0 Å². The van der Waals surface area contributed by atoms with Crippen molar-refractivity contribution in [2.75, 3.05) is 0 Å². The first-order chi connectivity index (χ1) is 3.79. The van der Waals surface area contributed by atoms with E-state index in [2.05, 4.69) is 37.5 Å². The summed E-state index contributed by atoms with van der Waals surface area (Å²) in [5.41, 5.74) is 2.89. The van der Waals surface area contributed by atoms with Crippen LogP contribution in [-0.4, -0.2) is 4.03 Å². The number of nitrogens with zero attached hydrogens (tertiary/aromatic N) is 1. The lowest BCUT2D eigenvalue weighted by Crippen LogP contribution is -2.20. The van der Waals surface area contributed by atoms with Crippen molar-refractivity contribution >= 4 is 32.1 Å². The van der Waals surface area contributed by atoms with Crippen LogP contribution in [0.15, 0.2) is 23.0 Å². The van der Waals surface area contributed by atoms with Crippen LogP contribution in [0.2, 0.25) is 0 Å². The fourth-order valence-electron chi connectivity index (χ4n) is 0.351. The van der Waals surface area contributed by atoms with Gasteiger partial charge in [-0.2, -0.15) is 0 Å². The van der Waals surface area contributed by atoms with Gasteiger partial charge in [-0.1, -0.05) is 0 Å². The van der Waals surface area contributed by atoms with Crippen molar-refractivity contribution in [2.24, 2.45) is 0 Å². The first-order valence-electron chi connectivity index (χ1n) is 2.04. The van der Waals surface area contributed by atoms with Gasteiger partial charge in [0.2, 0.25) is 0 Å². The van der Waals surface area contributed by atoms with Crippen molar-refractivity contribution in [3.05, 3.63) is 23.0 Å². The van der Waals surface area contributed by atoms with Crippen molar-refractivity contribution in [2.45, 2.75) is 0 Å². The average molecular weight is 240 g/mol. The summed E-state index contributed by atoms with van der Waals surface area (Å²) < 4.78 is 2.71. The third-order valence-electron chi connectivity index (χ3n) is 0.690. The van der Waals surface area contributed by atoms with E-state index in [1.54, 1.807) is 4.03 Å². The molecule has 0 amide bonds. The van der Waals surface area contributed by atoms with Crippen LogP contribution in [-0.2, 0) is 0 Å². The van der Waals surface area contributed by atoms with E-state index in [1.165, 1.54) is 0 Å². The summed E-state index contributed by atoms with van der Waals surface area (Å²) in [5.74, 6) is 0. The van der Waals surface area contributed by atoms with Crippen LogP contribution in [0.4, 0.5) is 0 Å². The SMILES string of the molecule is BrC1=CNN(Br)C=C1. The van der Waals surface area contributed by atoms with E-state index in [0.717, 1.165) is 4.48 Å². The Bertz CT molecular complexity index is 141. The number of nitrogens with one attached hydrogen (secondary N) is 1. The lowest BCUT2D eigenvalue weighted by atomic mass is 10.5. The van der Waals surface area contributed by atoms with Gasteiger partial charge in [-0.25, -0.2) is 4.03 Å². The molecule has 0 radical (unpaired) electrons. The molecule has 0 unspecified atom stereocenters. The Kier molecular flexibility index (Phi) is 1.96. The normalized spacial score (nSPS) is 17.8. The molecule has 0 atom stereocenters. The van der Waals surface area contributed by atoms with Crippen molar-refractivity contribution < 1.29 is 0 Å². The average Bonchev–Trinajstić information content (AvgIpc) is 1.77. The van der Waals surface area contributed by atoms with E-state index in [4.69, 9.17) is 0 Å². The number of halogens is 2. The number of allylic oxidation sites excluding steroid dienone is 2. The van der Waals surface area contributed by atoms with Gasteiger partial charge in [-0.3, -0.25) is 5.43 Å². The van der Waals surface area contributed by atoms with Crippen molar-refractivity contribution in [1.29, 1.82) is 0 Å². The number of hydrogen-bond acceptors (Lipinski definition) is 2. The predicted octanol–water partition coefficient (Wildman–Crippen LogP) is 1.87. The van der Waals surface area contributed by atoms with Gasteiger partial charge in [0, 0.05) is 16.9 Å². The van der Waals surface area contributed by atoms with E-state index in [1.807, 2.05) is 18.5 Å². The molecule has 0 aromatic rings. The molecule has 2 nitrogen and oxygen atoms in total. The zero-order chi connectivity index (χ0) is 5.98. The molecule has 0 saturated carbocycles. The Morgan fingerprint density at radius 3 is 2.75 bits per heavy atom. The molecule has 0 aliphatic carbocycles. The molecule has 1 aliphatic rings. The molecule has 4 heteroatoms. The minimum Gasteiger partial charge on any atom is -0.295 e. The third-order valence-corrected chi connectivity index (χ3v) is 1.62. The Morgan fingerprint density at radius 1 is 1.62 bits per heavy atom. The summed E-state index contributed by atoms with van der Waals surface area (Å²) in [6.45, 7) is 0. The fraction of sp³-hybridized carbons (Fsp3) is 0. The molecule has 0 bridgehead atoms. The zero-order valence-corrected chi connectivity index (χ0v) is 7.11. The molecule has 8 heavy (non-hydrogen) atoms. The van der Waals surface area contributed by atoms with Gasteiger partial charge in [-0.05, 0) is 22.0 Å². The van der Waals surface area contributed by atoms with Crippen LogP contribution >= 0.6 is 32.1 Å². The molecule has 0 saturated heterocycles. The van der Waals surface area contributed by atoms with Crippen LogP contribution < -0.4 is 5.43 Å². The number of hydrazine groups is 1. The summed E-state index contributed by atoms with van der Waals surface area (Å²) in [7, 11) is 0. The summed E-state index contributed by atoms with van der Waals surface area (Å²) in [6, 6.07) is 0. The van der Waals surface area contributed by atoms with E-state index in [0.29, 0.717) is 0 Å². The molecular weight excluding hydrogens is 236 g/mol. The predicted molar refractivity (Wildman–Crippen MR) is 40.1 cm³/mol. The quantitative estimate of drug-likeness (QED) is 0.650. The van der Waals surface area contributed by atoms with Gasteiger partial charge in [0.15, 0.2) is 0 Å². The first kappa shape index (κ1) is 6.16. The minimum absolute atomic E-state index is 1.04. The van der Waals surface area contributed by atoms with Gasteiger partial charge < -0.3 is 0 Å². The van der Waals surface area contributed by atoms with E-state index >= 15 is 0 Å². The molecule has 0 aromatic carbocycles. The molecule has 0 aromatic heterocycles. The highest BCUT2D eigenvalue weighted by Crippen LogP contribution is 2.10. The van der Waals surface area contributed by atoms with Gasteiger partial charge in [-0.15, -0.1) is 0 Å². The maximum atomic E-state index is 3.28. The first-order valence-corrected chi connectivity index (χ1v) is 3.54. The molecule has 1 aliphatic heterocycles. The fourth-order valence-corrected chi connectivity index (χ4v) is 0.792. The van der Waals surface area contributed by atoms with Crippen LogP contribution in [0.1, 0.15) is 0 Å². The second-order valence-corrected chi connectivity index (χ2v) is 2.97. The van der Waals surface area contributed by atoms with Crippen LogP contribution in [0.3, 0.4) is 0 Å². The van der Waals surface area contributed by atoms with Crippen LogP contribution in [0.25, 0.3) is 0 Å². The van der Waals surface area contributed by atoms with Gasteiger partial charge in [0.25, 0.3) is 0 Å². The summed E-state index contributed by atoms with van der Waals surface area (Å²) >= 11 is 6.47. The Balaban J connectivity index is 2.58.